The van der Waals surface area contributed by atoms with Crippen molar-refractivity contribution in [1.29, 1.82) is 0 Å². The van der Waals surface area contributed by atoms with Crippen LogP contribution in [-0.2, 0) is 11.3 Å². The largest absolute Gasteiger partial charge is 0.494 e. The normalized spacial score (nSPS) is 17.8. The lowest BCUT2D eigenvalue weighted by molar-refractivity contribution is 0.0186. The maximum atomic E-state index is 13.4. The third-order valence-corrected chi connectivity index (χ3v) is 6.81. The number of hydrogen-bond donors (Lipinski definition) is 0. The van der Waals surface area contributed by atoms with E-state index in [0.29, 0.717) is 19.7 Å². The van der Waals surface area contributed by atoms with E-state index < -0.39 is 5.60 Å². The first kappa shape index (κ1) is 26.1. The number of aromatic nitrogens is 1. The number of amides is 2. The molecule has 2 amide bonds. The molecule has 2 aliphatic heterocycles. The van der Waals surface area contributed by atoms with E-state index in [9.17, 15) is 9.59 Å². The molecule has 2 aromatic rings. The molecule has 4 rings (SSSR count). The van der Waals surface area contributed by atoms with E-state index in [0.717, 1.165) is 57.0 Å². The molecule has 0 atom stereocenters. The van der Waals surface area contributed by atoms with E-state index in [2.05, 4.69) is 21.6 Å². The van der Waals surface area contributed by atoms with Crippen LogP contribution in [-0.4, -0.2) is 82.7 Å². The highest BCUT2D eigenvalue weighted by molar-refractivity contribution is 5.93. The van der Waals surface area contributed by atoms with E-state index in [1.165, 1.54) is 5.56 Å². The number of carbonyl (C=O) groups excluding carboxylic acids is 2. The van der Waals surface area contributed by atoms with E-state index in [4.69, 9.17) is 9.47 Å². The minimum absolute atomic E-state index is 0.0929. The van der Waals surface area contributed by atoms with Crippen molar-refractivity contribution in [2.75, 3.05) is 45.9 Å². The van der Waals surface area contributed by atoms with Crippen molar-refractivity contribution in [3.8, 4) is 5.75 Å². The summed E-state index contributed by atoms with van der Waals surface area (Å²) < 4.78 is 13.2. The van der Waals surface area contributed by atoms with Crippen LogP contribution >= 0.6 is 0 Å². The van der Waals surface area contributed by atoms with Gasteiger partial charge in [-0.05, 0) is 70.4 Å². The number of likely N-dealkylation sites (tertiary alicyclic amines) is 1. The van der Waals surface area contributed by atoms with Crippen LogP contribution in [0.25, 0.3) is 0 Å². The average molecular weight is 497 g/mol. The fourth-order valence-corrected chi connectivity index (χ4v) is 4.93. The minimum Gasteiger partial charge on any atom is -0.494 e. The van der Waals surface area contributed by atoms with Gasteiger partial charge in [0.05, 0.1) is 6.61 Å². The summed E-state index contributed by atoms with van der Waals surface area (Å²) >= 11 is 0. The molecule has 36 heavy (non-hydrogen) atoms. The molecule has 2 saturated heterocycles. The fourth-order valence-electron chi connectivity index (χ4n) is 4.93. The Kier molecular flexibility index (Phi) is 8.24. The van der Waals surface area contributed by atoms with Gasteiger partial charge in [0, 0.05) is 58.1 Å². The van der Waals surface area contributed by atoms with Crippen LogP contribution in [0.2, 0.25) is 0 Å². The first-order valence-corrected chi connectivity index (χ1v) is 13.1. The molecule has 3 heterocycles. The standard InChI is InChI=1S/C28H40N4O4/c1-5-35-24-10-8-22(9-11-24)21-29-17-19-30(20-18-29)26(33)25-7-6-14-32(25)23-12-15-31(16-13-23)27(34)36-28(2,3)4/h6-11,14,23H,5,12-13,15-21H2,1-4H3. The zero-order valence-corrected chi connectivity index (χ0v) is 22.1. The Morgan fingerprint density at radius 1 is 0.917 bits per heavy atom. The van der Waals surface area contributed by atoms with Gasteiger partial charge >= 0.3 is 6.09 Å². The molecule has 0 radical (unpaired) electrons. The van der Waals surface area contributed by atoms with Gasteiger partial charge in [-0.3, -0.25) is 9.69 Å². The van der Waals surface area contributed by atoms with Crippen LogP contribution in [0, 0.1) is 0 Å². The molecule has 0 N–H and O–H groups in total. The first-order valence-electron chi connectivity index (χ1n) is 13.1. The number of hydrogen-bond acceptors (Lipinski definition) is 5. The van der Waals surface area contributed by atoms with Crippen molar-refractivity contribution >= 4 is 12.0 Å². The quantitative estimate of drug-likeness (QED) is 0.592. The molecule has 0 spiro atoms. The van der Waals surface area contributed by atoms with Crippen LogP contribution in [0.4, 0.5) is 4.79 Å². The van der Waals surface area contributed by atoms with Gasteiger partial charge in [0.2, 0.25) is 0 Å². The number of piperidine rings is 1. The summed E-state index contributed by atoms with van der Waals surface area (Å²) in [6.07, 6.45) is 3.37. The summed E-state index contributed by atoms with van der Waals surface area (Å²) in [7, 11) is 0. The van der Waals surface area contributed by atoms with Gasteiger partial charge in [0.25, 0.3) is 5.91 Å². The average Bonchev–Trinajstić information content (AvgIpc) is 3.34. The van der Waals surface area contributed by atoms with Crippen LogP contribution < -0.4 is 4.74 Å². The molecule has 1 aromatic carbocycles. The molecular weight excluding hydrogens is 456 g/mol. The van der Waals surface area contributed by atoms with Gasteiger partial charge in [-0.1, -0.05) is 12.1 Å². The molecular formula is C28H40N4O4. The lowest BCUT2D eigenvalue weighted by Crippen LogP contribution is -2.49. The van der Waals surface area contributed by atoms with E-state index in [1.54, 1.807) is 4.90 Å². The number of benzene rings is 1. The van der Waals surface area contributed by atoms with Gasteiger partial charge in [-0.2, -0.15) is 0 Å². The second-order valence-corrected chi connectivity index (χ2v) is 10.6. The lowest BCUT2D eigenvalue weighted by atomic mass is 10.0. The molecule has 0 saturated carbocycles. The number of rotatable bonds is 6. The first-order chi connectivity index (χ1) is 17.2. The monoisotopic (exact) mass is 496 g/mol. The molecule has 1 aromatic heterocycles. The highest BCUT2D eigenvalue weighted by Gasteiger charge is 2.30. The van der Waals surface area contributed by atoms with Crippen molar-refractivity contribution in [1.82, 2.24) is 19.3 Å². The van der Waals surface area contributed by atoms with Gasteiger partial charge in [0.1, 0.15) is 17.0 Å². The van der Waals surface area contributed by atoms with E-state index in [-0.39, 0.29) is 18.0 Å². The Morgan fingerprint density at radius 3 is 2.19 bits per heavy atom. The number of piperazine rings is 1. The summed E-state index contributed by atoms with van der Waals surface area (Å²) in [5.41, 5.74) is 1.50. The molecule has 2 aliphatic rings. The summed E-state index contributed by atoms with van der Waals surface area (Å²) in [6, 6.07) is 12.4. The SMILES string of the molecule is CCOc1ccc(CN2CCN(C(=O)c3cccn3C3CCN(C(=O)OC(C)(C)C)CC3)CC2)cc1. The zero-order chi connectivity index (χ0) is 25.7. The lowest BCUT2D eigenvalue weighted by Gasteiger charge is -2.36. The molecule has 0 aliphatic carbocycles. The maximum absolute atomic E-state index is 13.4. The van der Waals surface area contributed by atoms with E-state index >= 15 is 0 Å². The Morgan fingerprint density at radius 2 is 1.58 bits per heavy atom. The summed E-state index contributed by atoms with van der Waals surface area (Å²) in [6.45, 7) is 13.6. The van der Waals surface area contributed by atoms with Crippen LogP contribution in [0.1, 0.15) is 62.6 Å². The van der Waals surface area contributed by atoms with Crippen molar-refractivity contribution in [2.24, 2.45) is 0 Å². The summed E-state index contributed by atoms with van der Waals surface area (Å²) in [5.74, 6) is 0.991. The highest BCUT2D eigenvalue weighted by Crippen LogP contribution is 2.26. The molecule has 8 nitrogen and oxygen atoms in total. The number of ether oxygens (including phenoxy) is 2. The third kappa shape index (κ3) is 6.60. The third-order valence-electron chi connectivity index (χ3n) is 6.81. The van der Waals surface area contributed by atoms with Gasteiger partial charge in [0.15, 0.2) is 0 Å². The molecule has 2 fully saturated rings. The highest BCUT2D eigenvalue weighted by atomic mass is 16.6. The molecule has 8 heteroatoms. The Hall–Kier alpha value is -3.00. The fraction of sp³-hybridized carbons (Fsp3) is 0.571. The molecule has 196 valence electrons. The van der Waals surface area contributed by atoms with Crippen LogP contribution in [0.3, 0.4) is 0 Å². The van der Waals surface area contributed by atoms with Crippen molar-refractivity contribution < 1.29 is 19.1 Å². The van der Waals surface area contributed by atoms with Crippen molar-refractivity contribution in [3.05, 3.63) is 53.9 Å². The minimum atomic E-state index is -0.494. The van der Waals surface area contributed by atoms with Gasteiger partial charge < -0.3 is 23.8 Å². The molecule has 0 bridgehead atoms. The topological polar surface area (TPSA) is 67.2 Å². The van der Waals surface area contributed by atoms with Crippen LogP contribution in [0.5, 0.6) is 5.75 Å². The van der Waals surface area contributed by atoms with Crippen LogP contribution in [0.15, 0.2) is 42.6 Å². The second kappa shape index (κ2) is 11.4. The number of nitrogens with zero attached hydrogens (tertiary/aromatic N) is 4. The van der Waals surface area contributed by atoms with Gasteiger partial charge in [-0.25, -0.2) is 4.79 Å². The van der Waals surface area contributed by atoms with Crippen molar-refractivity contribution in [3.63, 3.8) is 0 Å². The van der Waals surface area contributed by atoms with Gasteiger partial charge in [-0.15, -0.1) is 0 Å². The van der Waals surface area contributed by atoms with Crippen molar-refractivity contribution in [2.45, 2.75) is 58.7 Å². The Balaban J connectivity index is 1.28. The predicted octanol–water partition coefficient (Wildman–Crippen LogP) is 4.42. The maximum Gasteiger partial charge on any atom is 0.410 e. The Bertz CT molecular complexity index is 1010. The Labute approximate surface area is 214 Å². The summed E-state index contributed by atoms with van der Waals surface area (Å²) in [5, 5.41) is 0. The predicted molar refractivity (Wildman–Crippen MR) is 139 cm³/mol. The number of carbonyl (C=O) groups is 2. The summed E-state index contributed by atoms with van der Waals surface area (Å²) in [4.78, 5) is 31.9. The van der Waals surface area contributed by atoms with E-state index in [1.807, 2.05) is 63.1 Å². The smallest absolute Gasteiger partial charge is 0.410 e. The second-order valence-electron chi connectivity index (χ2n) is 10.6. The molecule has 0 unspecified atom stereocenters. The zero-order valence-electron chi connectivity index (χ0n) is 22.1.